The van der Waals surface area contributed by atoms with Crippen LogP contribution >= 0.6 is 0 Å². The highest BCUT2D eigenvalue weighted by molar-refractivity contribution is 6.08. The molecule has 2 amide bonds. The minimum Gasteiger partial charge on any atom is -0.370 e. The largest absolute Gasteiger partial charge is 0.370 e. The Bertz CT molecular complexity index is 1150. The zero-order valence-corrected chi connectivity index (χ0v) is 19.6. The van der Waals surface area contributed by atoms with E-state index >= 15 is 0 Å². The minimum atomic E-state index is -0.157. The van der Waals surface area contributed by atoms with Crippen LogP contribution in [-0.2, 0) is 0 Å². The summed E-state index contributed by atoms with van der Waals surface area (Å²) in [5.74, 6) is -0.231. The summed E-state index contributed by atoms with van der Waals surface area (Å²) >= 11 is 0. The molecule has 1 fully saturated rings. The summed E-state index contributed by atoms with van der Waals surface area (Å²) in [6.07, 6.45) is 3.63. The third-order valence-electron chi connectivity index (χ3n) is 6.33. The summed E-state index contributed by atoms with van der Waals surface area (Å²) in [4.78, 5) is 30.0. The lowest BCUT2D eigenvalue weighted by atomic mass is 10.1. The number of carbonyl (C=O) groups excluding carboxylic acids is 2. The monoisotopic (exact) mass is 441 g/mol. The molecule has 0 spiro atoms. The van der Waals surface area contributed by atoms with Gasteiger partial charge in [-0.1, -0.05) is 30.3 Å². The van der Waals surface area contributed by atoms with Gasteiger partial charge in [-0.2, -0.15) is 0 Å². The van der Waals surface area contributed by atoms with E-state index in [2.05, 4.69) is 23.2 Å². The number of aryl methyl sites for hydroxylation is 2. The predicted octanol–water partition coefficient (Wildman–Crippen LogP) is 5.82. The summed E-state index contributed by atoms with van der Waals surface area (Å²) in [7, 11) is 1.83. The summed E-state index contributed by atoms with van der Waals surface area (Å²) in [5.41, 5.74) is 6.06. The number of hydrogen-bond acceptors (Lipinski definition) is 3. The quantitative estimate of drug-likeness (QED) is 0.543. The average Bonchev–Trinajstić information content (AvgIpc) is 2.84. The maximum Gasteiger partial charge on any atom is 0.258 e. The highest BCUT2D eigenvalue weighted by Crippen LogP contribution is 2.34. The van der Waals surface area contributed by atoms with Crippen molar-refractivity contribution < 1.29 is 9.59 Å². The van der Waals surface area contributed by atoms with Gasteiger partial charge in [0.25, 0.3) is 11.8 Å². The Kier molecular flexibility index (Phi) is 6.78. The third-order valence-corrected chi connectivity index (χ3v) is 6.33. The summed E-state index contributed by atoms with van der Waals surface area (Å²) in [6, 6.07) is 20.7. The number of amides is 2. The van der Waals surface area contributed by atoms with Gasteiger partial charge in [-0.05, 0) is 80.6 Å². The highest BCUT2D eigenvalue weighted by atomic mass is 16.2. The molecule has 33 heavy (non-hydrogen) atoms. The van der Waals surface area contributed by atoms with Crippen LogP contribution in [0.4, 0.5) is 17.1 Å². The number of para-hydroxylation sites is 1. The lowest BCUT2D eigenvalue weighted by Crippen LogP contribution is -2.33. The molecule has 1 heterocycles. The normalized spacial score (nSPS) is 13.5. The van der Waals surface area contributed by atoms with Gasteiger partial charge >= 0.3 is 0 Å². The van der Waals surface area contributed by atoms with Crippen LogP contribution in [0.15, 0.2) is 66.7 Å². The third kappa shape index (κ3) is 4.92. The Morgan fingerprint density at radius 3 is 2.18 bits per heavy atom. The first kappa shape index (κ1) is 22.6. The van der Waals surface area contributed by atoms with Crippen molar-refractivity contribution >= 4 is 28.9 Å². The number of anilines is 3. The van der Waals surface area contributed by atoms with Crippen LogP contribution in [0.3, 0.4) is 0 Å². The Labute approximate surface area is 196 Å². The van der Waals surface area contributed by atoms with Crippen molar-refractivity contribution in [3.63, 3.8) is 0 Å². The van der Waals surface area contributed by atoms with E-state index in [9.17, 15) is 9.59 Å². The molecule has 3 aromatic carbocycles. The molecule has 0 aromatic heterocycles. The number of nitrogens with one attached hydrogen (secondary N) is 1. The standard InChI is InChI=1S/C28H31N3O2/c1-20-10-5-6-12-24(20)27(32)29-23-16-14-22(15-17-23)28(33)30(3)25-13-9-11-21(2)26(25)31-18-7-4-8-19-31/h5-6,9-17H,4,7-8,18-19H2,1-3H3,(H,29,32). The van der Waals surface area contributed by atoms with Gasteiger partial charge in [0, 0.05) is 37.0 Å². The second kappa shape index (κ2) is 9.90. The number of nitrogens with zero attached hydrogens (tertiary/aromatic N) is 2. The first-order valence-corrected chi connectivity index (χ1v) is 11.6. The van der Waals surface area contributed by atoms with Crippen LogP contribution in [0, 0.1) is 13.8 Å². The molecule has 0 unspecified atom stereocenters. The van der Waals surface area contributed by atoms with Crippen LogP contribution in [0.25, 0.3) is 0 Å². The lowest BCUT2D eigenvalue weighted by Gasteiger charge is -2.34. The van der Waals surface area contributed by atoms with E-state index in [-0.39, 0.29) is 11.8 Å². The first-order chi connectivity index (χ1) is 16.0. The lowest BCUT2D eigenvalue weighted by molar-refractivity contribution is 0.0991. The molecule has 0 atom stereocenters. The van der Waals surface area contributed by atoms with Crippen LogP contribution in [-0.4, -0.2) is 32.0 Å². The maximum absolute atomic E-state index is 13.3. The highest BCUT2D eigenvalue weighted by Gasteiger charge is 2.22. The Morgan fingerprint density at radius 2 is 1.48 bits per heavy atom. The summed E-state index contributed by atoms with van der Waals surface area (Å²) in [5, 5.41) is 2.92. The fourth-order valence-electron chi connectivity index (χ4n) is 4.47. The second-order valence-corrected chi connectivity index (χ2v) is 8.70. The topological polar surface area (TPSA) is 52.7 Å². The summed E-state index contributed by atoms with van der Waals surface area (Å²) in [6.45, 7) is 6.07. The second-order valence-electron chi connectivity index (χ2n) is 8.70. The minimum absolute atomic E-state index is 0.0735. The van der Waals surface area contributed by atoms with Crippen molar-refractivity contribution in [2.75, 3.05) is 35.3 Å². The van der Waals surface area contributed by atoms with Gasteiger partial charge in [-0.15, -0.1) is 0 Å². The van der Waals surface area contributed by atoms with Crippen molar-refractivity contribution in [3.8, 4) is 0 Å². The van der Waals surface area contributed by atoms with Crippen LogP contribution in [0.2, 0.25) is 0 Å². The maximum atomic E-state index is 13.3. The molecule has 5 nitrogen and oxygen atoms in total. The Balaban J connectivity index is 1.51. The van der Waals surface area contributed by atoms with Gasteiger partial charge in [0.1, 0.15) is 0 Å². The van der Waals surface area contributed by atoms with Crippen molar-refractivity contribution in [2.45, 2.75) is 33.1 Å². The zero-order valence-electron chi connectivity index (χ0n) is 19.6. The number of piperidine rings is 1. The summed E-state index contributed by atoms with van der Waals surface area (Å²) < 4.78 is 0. The molecule has 1 saturated heterocycles. The van der Waals surface area contributed by atoms with E-state index in [0.29, 0.717) is 16.8 Å². The van der Waals surface area contributed by atoms with Crippen molar-refractivity contribution in [3.05, 3.63) is 89.0 Å². The fourth-order valence-corrected chi connectivity index (χ4v) is 4.47. The molecule has 1 aliphatic heterocycles. The molecule has 0 saturated carbocycles. The molecule has 0 aliphatic carbocycles. The molecular weight excluding hydrogens is 410 g/mol. The predicted molar refractivity (Wildman–Crippen MR) is 136 cm³/mol. The molecular formula is C28H31N3O2. The fraction of sp³-hybridized carbons (Fsp3) is 0.286. The Hall–Kier alpha value is -3.60. The first-order valence-electron chi connectivity index (χ1n) is 11.6. The van der Waals surface area contributed by atoms with Crippen molar-refractivity contribution in [1.82, 2.24) is 0 Å². The molecule has 1 aliphatic rings. The van der Waals surface area contributed by atoms with Gasteiger partial charge in [0.2, 0.25) is 0 Å². The van der Waals surface area contributed by atoms with Crippen molar-refractivity contribution in [2.24, 2.45) is 0 Å². The molecule has 0 bridgehead atoms. The van der Waals surface area contributed by atoms with Crippen LogP contribution in [0.1, 0.15) is 51.1 Å². The molecule has 0 radical (unpaired) electrons. The number of benzene rings is 3. The van der Waals surface area contributed by atoms with Gasteiger partial charge in [0.15, 0.2) is 0 Å². The van der Waals surface area contributed by atoms with E-state index in [1.807, 2.05) is 44.3 Å². The molecule has 4 rings (SSSR count). The molecule has 5 heteroatoms. The van der Waals surface area contributed by atoms with E-state index in [4.69, 9.17) is 0 Å². The van der Waals surface area contributed by atoms with E-state index < -0.39 is 0 Å². The molecule has 170 valence electrons. The smallest absolute Gasteiger partial charge is 0.258 e. The SMILES string of the molecule is Cc1ccccc1C(=O)Nc1ccc(C(=O)N(C)c2cccc(C)c2N2CCCCC2)cc1. The average molecular weight is 442 g/mol. The number of rotatable bonds is 5. The zero-order chi connectivity index (χ0) is 23.4. The van der Waals surface area contributed by atoms with Gasteiger partial charge < -0.3 is 15.1 Å². The van der Waals surface area contributed by atoms with Gasteiger partial charge in [0.05, 0.1) is 11.4 Å². The number of hydrogen-bond donors (Lipinski definition) is 1. The van der Waals surface area contributed by atoms with Crippen LogP contribution < -0.4 is 15.1 Å². The van der Waals surface area contributed by atoms with E-state index in [0.717, 1.165) is 30.0 Å². The van der Waals surface area contributed by atoms with E-state index in [1.54, 1.807) is 35.2 Å². The van der Waals surface area contributed by atoms with Crippen LogP contribution in [0.5, 0.6) is 0 Å². The van der Waals surface area contributed by atoms with Gasteiger partial charge in [-0.3, -0.25) is 9.59 Å². The van der Waals surface area contributed by atoms with Crippen molar-refractivity contribution in [1.29, 1.82) is 0 Å². The molecule has 3 aromatic rings. The molecule has 1 N–H and O–H groups in total. The Morgan fingerprint density at radius 1 is 0.818 bits per heavy atom. The number of carbonyl (C=O) groups is 2. The van der Waals surface area contributed by atoms with E-state index in [1.165, 1.54) is 24.8 Å². The van der Waals surface area contributed by atoms with Gasteiger partial charge in [-0.25, -0.2) is 0 Å².